The largest absolute Gasteiger partial charge is 0.459 e. The Labute approximate surface area is 158 Å². The number of para-hydroxylation sites is 1. The molecule has 0 bridgehead atoms. The smallest absolute Gasteiger partial charge is 0.274 e. The zero-order valence-corrected chi connectivity index (χ0v) is 15.4. The van der Waals surface area contributed by atoms with Crippen molar-refractivity contribution in [2.75, 3.05) is 38.1 Å². The van der Waals surface area contributed by atoms with Crippen molar-refractivity contribution in [1.82, 2.24) is 20.2 Å². The Hall–Kier alpha value is -2.93. The molecular formula is C20H23N5O2. The van der Waals surface area contributed by atoms with Crippen molar-refractivity contribution in [3.63, 3.8) is 0 Å². The Morgan fingerprint density at radius 2 is 2.11 bits per heavy atom. The second kappa shape index (κ2) is 7.75. The van der Waals surface area contributed by atoms with Crippen molar-refractivity contribution in [3.05, 3.63) is 54.2 Å². The number of carbonyl (C=O) groups excluding carboxylic acids is 1. The molecule has 140 valence electrons. The third-order valence-electron chi connectivity index (χ3n) is 4.75. The summed E-state index contributed by atoms with van der Waals surface area (Å²) in [5, 5.41) is 4.38. The lowest BCUT2D eigenvalue weighted by Gasteiger charge is -2.20. The van der Waals surface area contributed by atoms with Gasteiger partial charge in [0.2, 0.25) is 0 Å². The molecule has 0 atom stereocenters. The van der Waals surface area contributed by atoms with Crippen LogP contribution in [0, 0.1) is 0 Å². The fourth-order valence-corrected chi connectivity index (χ4v) is 3.27. The van der Waals surface area contributed by atoms with E-state index in [4.69, 9.17) is 4.42 Å². The van der Waals surface area contributed by atoms with Crippen LogP contribution in [0.25, 0.3) is 11.0 Å². The first-order valence-electron chi connectivity index (χ1n) is 9.21. The summed E-state index contributed by atoms with van der Waals surface area (Å²) in [6.07, 6.45) is 4.16. The number of hydrogen-bond donors (Lipinski definition) is 1. The molecule has 1 aliphatic rings. The summed E-state index contributed by atoms with van der Waals surface area (Å²) in [5.41, 5.74) is 1.26. The fourth-order valence-electron chi connectivity index (χ4n) is 3.27. The van der Waals surface area contributed by atoms with Crippen LogP contribution >= 0.6 is 0 Å². The summed E-state index contributed by atoms with van der Waals surface area (Å²) in [4.78, 5) is 25.1. The molecule has 3 heterocycles. The van der Waals surface area contributed by atoms with E-state index in [1.165, 1.54) is 0 Å². The lowest BCUT2D eigenvalue weighted by atomic mass is 10.2. The molecule has 1 fully saturated rings. The number of rotatable bonds is 4. The standard InChI is InChI=1S/C20H23N5O2/c1-24(14-16-11-15-5-2-3-6-18(15)27-16)19-13-22-17(12-23-19)20(26)25-9-4-7-21-8-10-25/h2-3,5-6,11-13,21H,4,7-10,14H2,1H3. The maximum Gasteiger partial charge on any atom is 0.274 e. The molecule has 0 spiro atoms. The summed E-state index contributed by atoms with van der Waals surface area (Å²) in [5.74, 6) is 1.50. The highest BCUT2D eigenvalue weighted by atomic mass is 16.3. The minimum Gasteiger partial charge on any atom is -0.459 e. The predicted octanol–water partition coefficient (Wildman–Crippen LogP) is 2.29. The molecule has 0 saturated carbocycles. The molecule has 1 aliphatic heterocycles. The summed E-state index contributed by atoms with van der Waals surface area (Å²) >= 11 is 0. The molecule has 1 N–H and O–H groups in total. The normalized spacial score (nSPS) is 14.9. The molecule has 1 aromatic carbocycles. The average Bonchev–Trinajstić information content (AvgIpc) is 2.91. The van der Waals surface area contributed by atoms with Crippen LogP contribution in [0.5, 0.6) is 0 Å². The summed E-state index contributed by atoms with van der Waals surface area (Å²) in [7, 11) is 1.93. The third kappa shape index (κ3) is 3.93. The number of benzene rings is 1. The molecule has 0 unspecified atom stereocenters. The first-order chi connectivity index (χ1) is 13.2. The minimum atomic E-state index is -0.0577. The Balaban J connectivity index is 1.43. The van der Waals surface area contributed by atoms with Gasteiger partial charge in [-0.05, 0) is 25.1 Å². The fraction of sp³-hybridized carbons (Fsp3) is 0.350. The van der Waals surface area contributed by atoms with Gasteiger partial charge < -0.3 is 19.5 Å². The highest BCUT2D eigenvalue weighted by molar-refractivity contribution is 5.92. The molecule has 0 aliphatic carbocycles. The zero-order valence-electron chi connectivity index (χ0n) is 15.4. The molecule has 2 aromatic heterocycles. The lowest BCUT2D eigenvalue weighted by molar-refractivity contribution is 0.0760. The van der Waals surface area contributed by atoms with Crippen LogP contribution in [-0.2, 0) is 6.54 Å². The number of furan rings is 1. The number of amides is 1. The number of nitrogens with one attached hydrogen (secondary N) is 1. The molecule has 1 saturated heterocycles. The molecule has 27 heavy (non-hydrogen) atoms. The van der Waals surface area contributed by atoms with E-state index in [1.54, 1.807) is 12.4 Å². The lowest BCUT2D eigenvalue weighted by Crippen LogP contribution is -2.34. The number of hydrogen-bond acceptors (Lipinski definition) is 6. The predicted molar refractivity (Wildman–Crippen MR) is 104 cm³/mol. The summed E-state index contributed by atoms with van der Waals surface area (Å²) in [6, 6.07) is 9.97. The van der Waals surface area contributed by atoms with Crippen LogP contribution in [-0.4, -0.2) is 54.0 Å². The number of fused-ring (bicyclic) bond motifs is 1. The third-order valence-corrected chi connectivity index (χ3v) is 4.75. The van der Waals surface area contributed by atoms with Crippen molar-refractivity contribution in [3.8, 4) is 0 Å². The second-order valence-corrected chi connectivity index (χ2v) is 6.76. The minimum absolute atomic E-state index is 0.0577. The van der Waals surface area contributed by atoms with Gasteiger partial charge in [0, 0.05) is 32.1 Å². The molecular weight excluding hydrogens is 342 g/mol. The highest BCUT2D eigenvalue weighted by Crippen LogP contribution is 2.21. The van der Waals surface area contributed by atoms with Crippen molar-refractivity contribution in [2.45, 2.75) is 13.0 Å². The molecule has 4 rings (SSSR count). The van der Waals surface area contributed by atoms with Crippen molar-refractivity contribution in [2.24, 2.45) is 0 Å². The van der Waals surface area contributed by atoms with Gasteiger partial charge in [0.25, 0.3) is 5.91 Å². The average molecular weight is 365 g/mol. The Morgan fingerprint density at radius 3 is 2.93 bits per heavy atom. The van der Waals surface area contributed by atoms with Gasteiger partial charge in [-0.1, -0.05) is 18.2 Å². The second-order valence-electron chi connectivity index (χ2n) is 6.76. The number of carbonyl (C=O) groups is 1. The molecule has 1 amide bonds. The van der Waals surface area contributed by atoms with Gasteiger partial charge in [-0.25, -0.2) is 9.97 Å². The van der Waals surface area contributed by atoms with E-state index in [1.807, 2.05) is 47.2 Å². The van der Waals surface area contributed by atoms with Crippen LogP contribution in [0.1, 0.15) is 22.7 Å². The van der Waals surface area contributed by atoms with Gasteiger partial charge >= 0.3 is 0 Å². The summed E-state index contributed by atoms with van der Waals surface area (Å²) in [6.45, 7) is 3.79. The Bertz CT molecular complexity index is 881. The molecule has 7 nitrogen and oxygen atoms in total. The first kappa shape index (κ1) is 17.5. The molecule has 0 radical (unpaired) electrons. The molecule has 7 heteroatoms. The van der Waals surface area contributed by atoms with E-state index < -0.39 is 0 Å². The van der Waals surface area contributed by atoms with E-state index in [9.17, 15) is 4.79 Å². The number of anilines is 1. The first-order valence-corrected chi connectivity index (χ1v) is 9.21. The summed E-state index contributed by atoms with van der Waals surface area (Å²) < 4.78 is 5.86. The van der Waals surface area contributed by atoms with Crippen molar-refractivity contribution >= 4 is 22.7 Å². The Kier molecular flexibility index (Phi) is 5.02. The van der Waals surface area contributed by atoms with E-state index in [-0.39, 0.29) is 5.91 Å². The van der Waals surface area contributed by atoms with Gasteiger partial charge in [0.15, 0.2) is 0 Å². The van der Waals surface area contributed by atoms with Crippen molar-refractivity contribution < 1.29 is 9.21 Å². The number of aromatic nitrogens is 2. The van der Waals surface area contributed by atoms with E-state index >= 15 is 0 Å². The maximum absolute atomic E-state index is 12.6. The zero-order chi connectivity index (χ0) is 18.6. The number of nitrogens with zero attached hydrogens (tertiary/aromatic N) is 4. The quantitative estimate of drug-likeness (QED) is 0.765. The van der Waals surface area contributed by atoms with E-state index in [0.717, 1.165) is 42.8 Å². The van der Waals surface area contributed by atoms with Crippen LogP contribution < -0.4 is 10.2 Å². The topological polar surface area (TPSA) is 74.5 Å². The monoisotopic (exact) mass is 365 g/mol. The van der Waals surface area contributed by atoms with Gasteiger partial charge in [-0.15, -0.1) is 0 Å². The van der Waals surface area contributed by atoms with Gasteiger partial charge in [0.05, 0.1) is 18.9 Å². The van der Waals surface area contributed by atoms with Gasteiger partial charge in [0.1, 0.15) is 22.9 Å². The maximum atomic E-state index is 12.6. The van der Waals surface area contributed by atoms with E-state index in [2.05, 4.69) is 15.3 Å². The van der Waals surface area contributed by atoms with Crippen LogP contribution in [0.2, 0.25) is 0 Å². The van der Waals surface area contributed by atoms with E-state index in [0.29, 0.717) is 24.6 Å². The SMILES string of the molecule is CN(Cc1cc2ccccc2o1)c1cnc(C(=O)N2CCCNCC2)cn1. The Morgan fingerprint density at radius 1 is 1.22 bits per heavy atom. The van der Waals surface area contributed by atoms with Gasteiger partial charge in [-0.3, -0.25) is 4.79 Å². The van der Waals surface area contributed by atoms with Crippen LogP contribution in [0.15, 0.2) is 47.1 Å². The highest BCUT2D eigenvalue weighted by Gasteiger charge is 2.19. The molecule has 3 aromatic rings. The van der Waals surface area contributed by atoms with Gasteiger partial charge in [-0.2, -0.15) is 0 Å². The van der Waals surface area contributed by atoms with Crippen LogP contribution in [0.4, 0.5) is 5.82 Å². The van der Waals surface area contributed by atoms with Crippen LogP contribution in [0.3, 0.4) is 0 Å². The van der Waals surface area contributed by atoms with Crippen molar-refractivity contribution in [1.29, 1.82) is 0 Å².